The van der Waals surface area contributed by atoms with E-state index in [-0.39, 0.29) is 5.41 Å². The molecule has 2 aromatic rings. The molecule has 1 unspecified atom stereocenters. The molecule has 0 saturated carbocycles. The number of benzene rings is 2. The van der Waals surface area contributed by atoms with E-state index in [0.717, 1.165) is 0 Å². The van der Waals surface area contributed by atoms with Crippen molar-refractivity contribution < 1.29 is 0 Å². The summed E-state index contributed by atoms with van der Waals surface area (Å²) in [6, 6.07) is 19.6. The Bertz CT molecular complexity index is 506. The van der Waals surface area contributed by atoms with E-state index in [4.69, 9.17) is 0 Å². The van der Waals surface area contributed by atoms with E-state index in [0.29, 0.717) is 6.04 Å². The van der Waals surface area contributed by atoms with E-state index >= 15 is 0 Å². The van der Waals surface area contributed by atoms with Crippen LogP contribution in [0.5, 0.6) is 0 Å². The van der Waals surface area contributed by atoms with Crippen molar-refractivity contribution in [3.63, 3.8) is 0 Å². The van der Waals surface area contributed by atoms with Gasteiger partial charge in [-0.3, -0.25) is 0 Å². The Labute approximate surface area is 116 Å². The number of nitrogens with one attached hydrogen (secondary N) is 1. The summed E-state index contributed by atoms with van der Waals surface area (Å²) in [6.45, 7) is 8.90. The summed E-state index contributed by atoms with van der Waals surface area (Å²) in [7, 11) is 0. The normalized spacial score (nSPS) is 13.1. The molecule has 0 heterocycles. The summed E-state index contributed by atoms with van der Waals surface area (Å²) in [6.07, 6.45) is 0. The minimum atomic E-state index is 0.212. The largest absolute Gasteiger partial charge is 0.379 e. The molecule has 0 aliphatic carbocycles. The SMILES string of the molecule is CC(Nc1ccc(C(C)(C)C)cc1)c1ccccc1. The van der Waals surface area contributed by atoms with Crippen LogP contribution in [-0.4, -0.2) is 0 Å². The Morgan fingerprint density at radius 3 is 1.95 bits per heavy atom. The van der Waals surface area contributed by atoms with Crippen molar-refractivity contribution in [2.45, 2.75) is 39.2 Å². The second-order valence-electron chi connectivity index (χ2n) is 6.10. The molecule has 0 fully saturated rings. The minimum absolute atomic E-state index is 0.212. The average molecular weight is 253 g/mol. The highest BCUT2D eigenvalue weighted by Crippen LogP contribution is 2.25. The maximum absolute atomic E-state index is 3.54. The van der Waals surface area contributed by atoms with Gasteiger partial charge in [0.2, 0.25) is 0 Å². The maximum Gasteiger partial charge on any atom is 0.0485 e. The van der Waals surface area contributed by atoms with E-state index in [1.165, 1.54) is 16.8 Å². The van der Waals surface area contributed by atoms with Crippen LogP contribution < -0.4 is 5.32 Å². The molecule has 2 aromatic carbocycles. The summed E-state index contributed by atoms with van der Waals surface area (Å²) < 4.78 is 0. The standard InChI is InChI=1S/C18H23N/c1-14(15-8-6-5-7-9-15)19-17-12-10-16(11-13-17)18(2,3)4/h5-14,19H,1-4H3. The molecule has 0 bridgehead atoms. The van der Waals surface area contributed by atoms with Gasteiger partial charge in [0.15, 0.2) is 0 Å². The minimum Gasteiger partial charge on any atom is -0.379 e. The fraction of sp³-hybridized carbons (Fsp3) is 0.333. The molecule has 0 aliphatic rings. The lowest BCUT2D eigenvalue weighted by Crippen LogP contribution is -2.11. The quantitative estimate of drug-likeness (QED) is 0.797. The third-order valence-corrected chi connectivity index (χ3v) is 3.43. The molecule has 1 nitrogen and oxygen atoms in total. The van der Waals surface area contributed by atoms with Gasteiger partial charge in [0.05, 0.1) is 0 Å². The molecule has 0 amide bonds. The molecule has 0 radical (unpaired) electrons. The summed E-state index contributed by atoms with van der Waals surface area (Å²) in [5, 5.41) is 3.54. The Kier molecular flexibility index (Phi) is 3.94. The zero-order valence-electron chi connectivity index (χ0n) is 12.3. The van der Waals surface area contributed by atoms with Crippen molar-refractivity contribution in [3.8, 4) is 0 Å². The summed E-state index contributed by atoms with van der Waals surface area (Å²) >= 11 is 0. The fourth-order valence-corrected chi connectivity index (χ4v) is 2.14. The first-order valence-electron chi connectivity index (χ1n) is 6.89. The summed E-state index contributed by atoms with van der Waals surface area (Å²) in [5.41, 5.74) is 4.06. The van der Waals surface area contributed by atoms with Crippen LogP contribution in [-0.2, 0) is 5.41 Å². The van der Waals surface area contributed by atoms with Crippen molar-refractivity contribution in [1.29, 1.82) is 0 Å². The first-order valence-corrected chi connectivity index (χ1v) is 6.89. The molecule has 0 spiro atoms. The highest BCUT2D eigenvalue weighted by molar-refractivity contribution is 5.47. The Morgan fingerprint density at radius 1 is 0.842 bits per heavy atom. The van der Waals surface area contributed by atoms with Gasteiger partial charge in [-0.05, 0) is 35.6 Å². The van der Waals surface area contributed by atoms with Crippen molar-refractivity contribution in [2.75, 3.05) is 5.32 Å². The van der Waals surface area contributed by atoms with Crippen LogP contribution in [0.1, 0.15) is 44.9 Å². The monoisotopic (exact) mass is 253 g/mol. The molecule has 1 heteroatoms. The van der Waals surface area contributed by atoms with E-state index < -0.39 is 0 Å². The van der Waals surface area contributed by atoms with Crippen LogP contribution in [0.4, 0.5) is 5.69 Å². The summed E-state index contributed by atoms with van der Waals surface area (Å²) in [4.78, 5) is 0. The van der Waals surface area contributed by atoms with E-state index in [2.05, 4.69) is 81.5 Å². The zero-order valence-corrected chi connectivity index (χ0v) is 12.3. The summed E-state index contributed by atoms with van der Waals surface area (Å²) in [5.74, 6) is 0. The Hall–Kier alpha value is -1.76. The first-order chi connectivity index (χ1) is 8.97. The second-order valence-corrected chi connectivity index (χ2v) is 6.10. The van der Waals surface area contributed by atoms with Gasteiger partial charge in [-0.15, -0.1) is 0 Å². The zero-order chi connectivity index (χ0) is 13.9. The molecular weight excluding hydrogens is 230 g/mol. The average Bonchev–Trinajstić information content (AvgIpc) is 2.39. The van der Waals surface area contributed by atoms with Gasteiger partial charge in [-0.25, -0.2) is 0 Å². The number of hydrogen-bond acceptors (Lipinski definition) is 1. The van der Waals surface area contributed by atoms with E-state index in [1.54, 1.807) is 0 Å². The van der Waals surface area contributed by atoms with Crippen molar-refractivity contribution in [1.82, 2.24) is 0 Å². The third-order valence-electron chi connectivity index (χ3n) is 3.43. The topological polar surface area (TPSA) is 12.0 Å². The molecule has 0 saturated heterocycles. The molecule has 0 aliphatic heterocycles. The molecule has 19 heavy (non-hydrogen) atoms. The third kappa shape index (κ3) is 3.60. The molecule has 1 atom stereocenters. The van der Waals surface area contributed by atoms with Crippen LogP contribution in [0.3, 0.4) is 0 Å². The van der Waals surface area contributed by atoms with Crippen LogP contribution in [0.2, 0.25) is 0 Å². The molecule has 0 aromatic heterocycles. The first kappa shape index (κ1) is 13.7. The van der Waals surface area contributed by atoms with Crippen LogP contribution in [0, 0.1) is 0 Å². The van der Waals surface area contributed by atoms with E-state index in [9.17, 15) is 0 Å². The van der Waals surface area contributed by atoms with Gasteiger partial charge < -0.3 is 5.32 Å². The lowest BCUT2D eigenvalue weighted by Gasteiger charge is -2.20. The van der Waals surface area contributed by atoms with Gasteiger partial charge in [0.25, 0.3) is 0 Å². The number of anilines is 1. The van der Waals surface area contributed by atoms with Gasteiger partial charge in [0.1, 0.15) is 0 Å². The smallest absolute Gasteiger partial charge is 0.0485 e. The number of hydrogen-bond donors (Lipinski definition) is 1. The number of rotatable bonds is 3. The van der Waals surface area contributed by atoms with Crippen molar-refractivity contribution >= 4 is 5.69 Å². The lowest BCUT2D eigenvalue weighted by atomic mass is 9.87. The van der Waals surface area contributed by atoms with Crippen molar-refractivity contribution in [3.05, 3.63) is 65.7 Å². The molecular formula is C18H23N. The van der Waals surface area contributed by atoms with Crippen molar-refractivity contribution in [2.24, 2.45) is 0 Å². The van der Waals surface area contributed by atoms with Gasteiger partial charge in [-0.2, -0.15) is 0 Å². The van der Waals surface area contributed by atoms with E-state index in [1.807, 2.05) is 6.07 Å². The van der Waals surface area contributed by atoms with Crippen LogP contribution in [0.25, 0.3) is 0 Å². The molecule has 100 valence electrons. The second kappa shape index (κ2) is 5.48. The van der Waals surface area contributed by atoms with Gasteiger partial charge in [-0.1, -0.05) is 63.2 Å². The molecule has 1 N–H and O–H groups in total. The highest BCUT2D eigenvalue weighted by Gasteiger charge is 2.13. The lowest BCUT2D eigenvalue weighted by molar-refractivity contribution is 0.590. The fourth-order valence-electron chi connectivity index (χ4n) is 2.14. The predicted octanol–water partition coefficient (Wildman–Crippen LogP) is 5.16. The van der Waals surface area contributed by atoms with Crippen LogP contribution in [0.15, 0.2) is 54.6 Å². The predicted molar refractivity (Wildman–Crippen MR) is 83.6 cm³/mol. The Morgan fingerprint density at radius 2 is 1.42 bits per heavy atom. The van der Waals surface area contributed by atoms with Gasteiger partial charge >= 0.3 is 0 Å². The highest BCUT2D eigenvalue weighted by atomic mass is 14.9. The van der Waals surface area contributed by atoms with Gasteiger partial charge in [0, 0.05) is 11.7 Å². The maximum atomic E-state index is 3.54. The Balaban J connectivity index is 2.08. The van der Waals surface area contributed by atoms with Crippen LogP contribution >= 0.6 is 0 Å². The molecule has 2 rings (SSSR count).